The summed E-state index contributed by atoms with van der Waals surface area (Å²) in [5.41, 5.74) is 4.94. The van der Waals surface area contributed by atoms with E-state index >= 15 is 0 Å². The van der Waals surface area contributed by atoms with Gasteiger partial charge in [-0.1, -0.05) is 12.8 Å². The minimum Gasteiger partial charge on any atom is -0.443 e. The summed E-state index contributed by atoms with van der Waals surface area (Å²) < 4.78 is 5.05. The second kappa shape index (κ2) is 4.64. The third kappa shape index (κ3) is 5.80. The third-order valence-electron chi connectivity index (χ3n) is 1.96. The predicted octanol–water partition coefficient (Wildman–Crippen LogP) is 1.82. The summed E-state index contributed by atoms with van der Waals surface area (Å²) in [5, 5.41) is 0. The van der Waals surface area contributed by atoms with Crippen LogP contribution < -0.4 is 10.9 Å². The number of carbonyl (C=O) groups excluding carboxylic acids is 1. The average Bonchev–Trinajstić information content (AvgIpc) is 2.77. The Morgan fingerprint density at radius 2 is 2.07 bits per heavy atom. The van der Waals surface area contributed by atoms with Crippen molar-refractivity contribution in [1.29, 1.82) is 0 Å². The molecule has 82 valence electrons. The van der Waals surface area contributed by atoms with Crippen molar-refractivity contribution in [2.24, 2.45) is 5.92 Å². The van der Waals surface area contributed by atoms with E-state index in [1.807, 2.05) is 20.8 Å². The van der Waals surface area contributed by atoms with Crippen LogP contribution in [0.5, 0.6) is 0 Å². The van der Waals surface area contributed by atoms with E-state index in [-0.39, 0.29) is 0 Å². The van der Waals surface area contributed by atoms with Crippen molar-refractivity contribution >= 4 is 6.09 Å². The molecule has 2 N–H and O–H groups in total. The molecule has 0 radical (unpaired) electrons. The molecule has 1 aliphatic carbocycles. The van der Waals surface area contributed by atoms with Crippen LogP contribution in [0.4, 0.5) is 4.79 Å². The summed E-state index contributed by atoms with van der Waals surface area (Å²) in [6, 6.07) is 0. The van der Waals surface area contributed by atoms with Crippen LogP contribution in [0.3, 0.4) is 0 Å². The molecule has 0 aromatic rings. The molecule has 4 heteroatoms. The summed E-state index contributed by atoms with van der Waals surface area (Å²) in [6.45, 7) is 6.36. The molecule has 0 aromatic heterocycles. The fourth-order valence-electron chi connectivity index (χ4n) is 1.12. The van der Waals surface area contributed by atoms with Crippen LogP contribution in [0, 0.1) is 5.92 Å². The Hall–Kier alpha value is -0.770. The molecule has 1 aliphatic rings. The molecule has 4 nitrogen and oxygen atoms in total. The summed E-state index contributed by atoms with van der Waals surface area (Å²) in [4.78, 5) is 11.1. The molecule has 0 bridgehead atoms. The maximum Gasteiger partial charge on any atom is 0.422 e. The fourth-order valence-corrected chi connectivity index (χ4v) is 1.12. The second-order valence-electron chi connectivity index (χ2n) is 4.79. The molecule has 1 saturated carbocycles. The highest BCUT2D eigenvalue weighted by atomic mass is 16.6. The van der Waals surface area contributed by atoms with Crippen molar-refractivity contribution in [3.8, 4) is 0 Å². The highest BCUT2D eigenvalue weighted by molar-refractivity contribution is 5.66. The van der Waals surface area contributed by atoms with Crippen LogP contribution in [0.25, 0.3) is 0 Å². The summed E-state index contributed by atoms with van der Waals surface area (Å²) in [6.07, 6.45) is 3.41. The zero-order valence-electron chi connectivity index (χ0n) is 9.22. The van der Waals surface area contributed by atoms with E-state index in [1.54, 1.807) is 0 Å². The van der Waals surface area contributed by atoms with Gasteiger partial charge in [0.25, 0.3) is 0 Å². The minimum absolute atomic E-state index is 0.409. The Bertz CT molecular complexity index is 195. The van der Waals surface area contributed by atoms with Gasteiger partial charge in [-0.15, -0.1) is 0 Å². The van der Waals surface area contributed by atoms with Gasteiger partial charge in [0.05, 0.1) is 0 Å². The summed E-state index contributed by atoms with van der Waals surface area (Å²) in [7, 11) is 0. The lowest BCUT2D eigenvalue weighted by molar-refractivity contribution is 0.0498. The van der Waals surface area contributed by atoms with Gasteiger partial charge >= 0.3 is 6.09 Å². The standard InChI is InChI=1S/C10H20N2O2/c1-10(2,3)14-9(13)12-11-7-6-8-4-5-8/h8,11H,4-7H2,1-3H3,(H,12,13). The van der Waals surface area contributed by atoms with Crippen LogP contribution in [0.2, 0.25) is 0 Å². The van der Waals surface area contributed by atoms with Gasteiger partial charge in [-0.25, -0.2) is 10.2 Å². The largest absolute Gasteiger partial charge is 0.443 e. The van der Waals surface area contributed by atoms with Crippen LogP contribution in [-0.4, -0.2) is 18.2 Å². The maximum atomic E-state index is 11.1. The lowest BCUT2D eigenvalue weighted by Crippen LogP contribution is -2.41. The van der Waals surface area contributed by atoms with E-state index < -0.39 is 11.7 Å². The molecule has 1 rings (SSSR count). The summed E-state index contributed by atoms with van der Waals surface area (Å²) in [5.74, 6) is 0.878. The molecule has 0 spiro atoms. The van der Waals surface area contributed by atoms with Crippen molar-refractivity contribution in [3.05, 3.63) is 0 Å². The topological polar surface area (TPSA) is 50.4 Å². The molecule has 0 aliphatic heterocycles. The minimum atomic E-state index is -0.428. The van der Waals surface area contributed by atoms with Gasteiger partial charge in [0, 0.05) is 6.54 Å². The summed E-state index contributed by atoms with van der Waals surface area (Å²) >= 11 is 0. The van der Waals surface area contributed by atoms with E-state index in [1.165, 1.54) is 12.8 Å². The second-order valence-corrected chi connectivity index (χ2v) is 4.79. The van der Waals surface area contributed by atoms with E-state index in [9.17, 15) is 4.79 Å². The van der Waals surface area contributed by atoms with Gasteiger partial charge in [-0.2, -0.15) is 0 Å². The normalized spacial score (nSPS) is 16.5. The first-order chi connectivity index (χ1) is 6.47. The number of hydrogen-bond acceptors (Lipinski definition) is 3. The van der Waals surface area contributed by atoms with Crippen LogP contribution in [-0.2, 0) is 4.74 Å². The number of amides is 1. The number of hydrazine groups is 1. The lowest BCUT2D eigenvalue weighted by Gasteiger charge is -2.19. The van der Waals surface area contributed by atoms with E-state index in [0.29, 0.717) is 0 Å². The molecule has 0 atom stereocenters. The van der Waals surface area contributed by atoms with Gasteiger partial charge in [0.2, 0.25) is 0 Å². The van der Waals surface area contributed by atoms with Crippen molar-refractivity contribution < 1.29 is 9.53 Å². The molecule has 14 heavy (non-hydrogen) atoms. The predicted molar refractivity (Wildman–Crippen MR) is 54.7 cm³/mol. The smallest absolute Gasteiger partial charge is 0.422 e. The van der Waals surface area contributed by atoms with Gasteiger partial charge in [0.1, 0.15) is 5.60 Å². The number of carbonyl (C=O) groups is 1. The zero-order valence-corrected chi connectivity index (χ0v) is 9.22. The molecule has 0 unspecified atom stereocenters. The van der Waals surface area contributed by atoms with Crippen LogP contribution >= 0.6 is 0 Å². The number of ether oxygens (including phenoxy) is 1. The van der Waals surface area contributed by atoms with Crippen molar-refractivity contribution in [1.82, 2.24) is 10.9 Å². The fraction of sp³-hybridized carbons (Fsp3) is 0.900. The monoisotopic (exact) mass is 200 g/mol. The number of hydrogen-bond donors (Lipinski definition) is 2. The van der Waals surface area contributed by atoms with E-state index in [2.05, 4.69) is 10.9 Å². The Morgan fingerprint density at radius 1 is 1.43 bits per heavy atom. The Morgan fingerprint density at radius 3 is 2.57 bits per heavy atom. The van der Waals surface area contributed by atoms with E-state index in [0.717, 1.165) is 18.9 Å². The average molecular weight is 200 g/mol. The molecule has 1 amide bonds. The van der Waals surface area contributed by atoms with Crippen molar-refractivity contribution in [2.45, 2.75) is 45.6 Å². The number of rotatable bonds is 4. The number of nitrogens with one attached hydrogen (secondary N) is 2. The molecular weight excluding hydrogens is 180 g/mol. The molecular formula is C10H20N2O2. The SMILES string of the molecule is CC(C)(C)OC(=O)NNCCC1CC1. The molecule has 0 saturated heterocycles. The first-order valence-electron chi connectivity index (χ1n) is 5.19. The van der Waals surface area contributed by atoms with Crippen molar-refractivity contribution in [2.75, 3.05) is 6.54 Å². The highest BCUT2D eigenvalue weighted by Crippen LogP contribution is 2.31. The zero-order chi connectivity index (χ0) is 10.6. The first kappa shape index (κ1) is 11.3. The van der Waals surface area contributed by atoms with Gasteiger partial charge in [-0.05, 0) is 33.1 Å². The lowest BCUT2D eigenvalue weighted by atomic mass is 10.2. The highest BCUT2D eigenvalue weighted by Gasteiger charge is 2.20. The Kier molecular flexibility index (Phi) is 3.75. The first-order valence-corrected chi connectivity index (χ1v) is 5.19. The van der Waals surface area contributed by atoms with E-state index in [4.69, 9.17) is 4.74 Å². The molecule has 0 heterocycles. The Labute approximate surface area is 85.4 Å². The third-order valence-corrected chi connectivity index (χ3v) is 1.96. The van der Waals surface area contributed by atoms with Crippen LogP contribution in [0.15, 0.2) is 0 Å². The van der Waals surface area contributed by atoms with Crippen LogP contribution in [0.1, 0.15) is 40.0 Å². The Balaban J connectivity index is 1.96. The quantitative estimate of drug-likeness (QED) is 0.537. The molecule has 0 aromatic carbocycles. The van der Waals surface area contributed by atoms with Gasteiger partial charge < -0.3 is 4.74 Å². The van der Waals surface area contributed by atoms with Crippen molar-refractivity contribution in [3.63, 3.8) is 0 Å². The van der Waals surface area contributed by atoms with Gasteiger partial charge in [-0.3, -0.25) is 5.43 Å². The van der Waals surface area contributed by atoms with Gasteiger partial charge in [0.15, 0.2) is 0 Å². The maximum absolute atomic E-state index is 11.1. The molecule has 1 fully saturated rings.